The van der Waals surface area contributed by atoms with Crippen LogP contribution in [0.2, 0.25) is 0 Å². The number of nitrogen functional groups attached to an aromatic ring is 1. The summed E-state index contributed by atoms with van der Waals surface area (Å²) in [7, 11) is 3.81. The van der Waals surface area contributed by atoms with Crippen molar-refractivity contribution in [1.29, 1.82) is 0 Å². The van der Waals surface area contributed by atoms with E-state index in [0.717, 1.165) is 5.56 Å². The van der Waals surface area contributed by atoms with Crippen molar-refractivity contribution in [2.75, 3.05) is 24.7 Å². The lowest BCUT2D eigenvalue weighted by molar-refractivity contribution is 0.547. The minimum atomic E-state index is -0.0769. The molecule has 3 aromatic rings. The molecule has 1 atom stereocenters. The molecule has 0 aliphatic carbocycles. The number of H-pyrrole nitrogens is 1. The fraction of sp³-hybridized carbons (Fsp3) is 0.357. The van der Waals surface area contributed by atoms with Crippen LogP contribution in [0, 0.1) is 0 Å². The third-order valence-electron chi connectivity index (χ3n) is 3.42. The Morgan fingerprint density at radius 2 is 1.96 bits per heavy atom. The summed E-state index contributed by atoms with van der Waals surface area (Å²) >= 11 is 0. The Morgan fingerprint density at radius 3 is 2.65 bits per heavy atom. The minimum absolute atomic E-state index is 0.0769. The van der Waals surface area contributed by atoms with Crippen molar-refractivity contribution in [1.82, 2.24) is 35.2 Å². The number of nitrogens with zero attached hydrogens (tertiary/aromatic N) is 6. The lowest BCUT2D eigenvalue weighted by atomic mass is 10.2. The van der Waals surface area contributed by atoms with Crippen molar-refractivity contribution in [2.24, 2.45) is 0 Å². The van der Waals surface area contributed by atoms with Crippen LogP contribution in [-0.4, -0.2) is 44.0 Å². The highest BCUT2D eigenvalue weighted by molar-refractivity contribution is 5.80. The summed E-state index contributed by atoms with van der Waals surface area (Å²) < 4.78 is 0. The van der Waals surface area contributed by atoms with Gasteiger partial charge >= 0.3 is 0 Å². The summed E-state index contributed by atoms with van der Waals surface area (Å²) in [5, 5.41) is 3.34. The molecule has 0 aliphatic rings. The third kappa shape index (κ3) is 3.19. The van der Waals surface area contributed by atoms with E-state index in [-0.39, 0.29) is 6.04 Å². The van der Waals surface area contributed by atoms with Crippen molar-refractivity contribution >= 4 is 22.9 Å². The molecule has 0 spiro atoms. The smallest absolute Gasteiger partial charge is 0.224 e. The molecule has 1 unspecified atom stereocenters. The van der Waals surface area contributed by atoms with Gasteiger partial charge in [0.2, 0.25) is 5.95 Å². The molecular weight excluding hydrogens is 294 g/mol. The van der Waals surface area contributed by atoms with E-state index in [1.165, 1.54) is 0 Å². The number of aromatic nitrogens is 6. The molecule has 0 aromatic carbocycles. The van der Waals surface area contributed by atoms with Crippen molar-refractivity contribution in [3.63, 3.8) is 0 Å². The quantitative estimate of drug-likeness (QED) is 0.627. The number of hydrogen-bond acceptors (Lipinski definition) is 8. The van der Waals surface area contributed by atoms with Gasteiger partial charge in [-0.2, -0.15) is 0 Å². The second kappa shape index (κ2) is 6.13. The summed E-state index contributed by atoms with van der Waals surface area (Å²) in [5.41, 5.74) is 8.13. The highest BCUT2D eigenvalue weighted by atomic mass is 15.2. The first kappa shape index (κ1) is 15.1. The molecule has 0 radical (unpaired) electrons. The van der Waals surface area contributed by atoms with Crippen molar-refractivity contribution in [3.05, 3.63) is 30.1 Å². The molecule has 0 saturated carbocycles. The SMILES string of the molecule is CC(NCc1cnc(N(C)C)nc1)c1nc(N)c2[nH]cnc2n1. The Kier molecular flexibility index (Phi) is 4.02. The molecule has 0 saturated heterocycles. The van der Waals surface area contributed by atoms with Crippen LogP contribution in [0.3, 0.4) is 0 Å². The molecule has 3 aromatic heterocycles. The van der Waals surface area contributed by atoms with Gasteiger partial charge in [-0.1, -0.05) is 0 Å². The molecule has 3 heterocycles. The molecule has 0 bridgehead atoms. The van der Waals surface area contributed by atoms with Gasteiger partial charge in [-0.3, -0.25) is 0 Å². The number of hydrogen-bond donors (Lipinski definition) is 3. The molecule has 120 valence electrons. The number of nitrogens with one attached hydrogen (secondary N) is 2. The molecule has 9 heteroatoms. The van der Waals surface area contributed by atoms with E-state index >= 15 is 0 Å². The van der Waals surface area contributed by atoms with Crippen LogP contribution >= 0.6 is 0 Å². The average molecular weight is 313 g/mol. The van der Waals surface area contributed by atoms with E-state index in [1.807, 2.05) is 25.9 Å². The first-order chi connectivity index (χ1) is 11.0. The molecule has 3 rings (SSSR count). The van der Waals surface area contributed by atoms with Crippen molar-refractivity contribution < 1.29 is 0 Å². The van der Waals surface area contributed by atoms with E-state index < -0.39 is 0 Å². The number of imidazole rings is 1. The number of fused-ring (bicyclic) bond motifs is 1. The molecule has 9 nitrogen and oxygen atoms in total. The van der Waals surface area contributed by atoms with Crippen molar-refractivity contribution in [2.45, 2.75) is 19.5 Å². The monoisotopic (exact) mass is 313 g/mol. The van der Waals surface area contributed by atoms with Crippen LogP contribution in [0.5, 0.6) is 0 Å². The van der Waals surface area contributed by atoms with Gasteiger partial charge in [-0.05, 0) is 6.92 Å². The third-order valence-corrected chi connectivity index (χ3v) is 3.42. The van der Waals surface area contributed by atoms with E-state index in [4.69, 9.17) is 5.73 Å². The highest BCUT2D eigenvalue weighted by Crippen LogP contribution is 2.17. The fourth-order valence-electron chi connectivity index (χ4n) is 2.10. The summed E-state index contributed by atoms with van der Waals surface area (Å²) in [4.78, 5) is 26.2. The van der Waals surface area contributed by atoms with Gasteiger partial charge in [0.1, 0.15) is 11.3 Å². The Labute approximate surface area is 133 Å². The molecule has 0 aliphatic heterocycles. The fourth-order valence-corrected chi connectivity index (χ4v) is 2.10. The molecule has 23 heavy (non-hydrogen) atoms. The largest absolute Gasteiger partial charge is 0.382 e. The summed E-state index contributed by atoms with van der Waals surface area (Å²) in [6.07, 6.45) is 5.16. The molecular formula is C14H19N9. The molecule has 0 amide bonds. The molecule has 4 N–H and O–H groups in total. The van der Waals surface area contributed by atoms with Crippen LogP contribution in [0.1, 0.15) is 24.4 Å². The summed E-state index contributed by atoms with van der Waals surface area (Å²) in [6.45, 7) is 2.58. The van der Waals surface area contributed by atoms with E-state index in [2.05, 4.69) is 35.2 Å². The standard InChI is InChI=1S/C14H19N9/c1-8(12-21-11(15)10-13(22-12)20-7-19-10)16-4-9-5-17-14(18-6-9)23(2)3/h5-8,16H,4H2,1-3H3,(H3,15,19,20,21,22). The van der Waals surface area contributed by atoms with Gasteiger partial charge in [0.15, 0.2) is 11.5 Å². The second-order valence-electron chi connectivity index (χ2n) is 5.46. The minimum Gasteiger partial charge on any atom is -0.382 e. The van der Waals surface area contributed by atoms with Gasteiger partial charge < -0.3 is 20.9 Å². The van der Waals surface area contributed by atoms with E-state index in [9.17, 15) is 0 Å². The number of rotatable bonds is 5. The lowest BCUT2D eigenvalue weighted by Gasteiger charge is -2.14. The Hall–Kier alpha value is -2.81. The van der Waals surface area contributed by atoms with Gasteiger partial charge in [-0.15, -0.1) is 0 Å². The van der Waals surface area contributed by atoms with Gasteiger partial charge in [0.25, 0.3) is 0 Å². The average Bonchev–Trinajstić information content (AvgIpc) is 3.02. The lowest BCUT2D eigenvalue weighted by Crippen LogP contribution is -2.21. The Morgan fingerprint density at radius 1 is 1.22 bits per heavy atom. The van der Waals surface area contributed by atoms with E-state index in [1.54, 1.807) is 18.7 Å². The second-order valence-corrected chi connectivity index (χ2v) is 5.46. The van der Waals surface area contributed by atoms with E-state index in [0.29, 0.717) is 35.3 Å². The first-order valence-electron chi connectivity index (χ1n) is 7.22. The topological polar surface area (TPSA) is 122 Å². The normalized spacial score (nSPS) is 12.5. The van der Waals surface area contributed by atoms with Crippen molar-refractivity contribution in [3.8, 4) is 0 Å². The van der Waals surface area contributed by atoms with Gasteiger partial charge in [0.05, 0.1) is 12.4 Å². The number of anilines is 2. The van der Waals surface area contributed by atoms with Crippen LogP contribution in [0.15, 0.2) is 18.7 Å². The van der Waals surface area contributed by atoms with Crippen LogP contribution < -0.4 is 16.0 Å². The Bertz CT molecular complexity index is 794. The number of aromatic amines is 1. The van der Waals surface area contributed by atoms with Crippen LogP contribution in [0.25, 0.3) is 11.2 Å². The Balaban J connectivity index is 1.69. The summed E-state index contributed by atoms with van der Waals surface area (Å²) in [6, 6.07) is -0.0769. The highest BCUT2D eigenvalue weighted by Gasteiger charge is 2.13. The van der Waals surface area contributed by atoms with Crippen LogP contribution in [0.4, 0.5) is 11.8 Å². The predicted molar refractivity (Wildman–Crippen MR) is 87.7 cm³/mol. The summed E-state index contributed by atoms with van der Waals surface area (Å²) in [5.74, 6) is 1.68. The maximum absolute atomic E-state index is 5.92. The zero-order valence-electron chi connectivity index (χ0n) is 13.3. The van der Waals surface area contributed by atoms with Crippen LogP contribution in [-0.2, 0) is 6.54 Å². The zero-order chi connectivity index (χ0) is 16.4. The molecule has 0 fully saturated rings. The maximum atomic E-state index is 5.92. The maximum Gasteiger partial charge on any atom is 0.224 e. The first-order valence-corrected chi connectivity index (χ1v) is 7.22. The zero-order valence-corrected chi connectivity index (χ0v) is 13.3. The van der Waals surface area contributed by atoms with Gasteiger partial charge in [0, 0.05) is 38.6 Å². The number of nitrogens with two attached hydrogens (primary N) is 1. The predicted octanol–water partition coefficient (Wildman–Crippen LogP) is 0.642. The van der Waals surface area contributed by atoms with Gasteiger partial charge in [-0.25, -0.2) is 24.9 Å².